The van der Waals surface area contributed by atoms with Crippen LogP contribution in [0.2, 0.25) is 9.36 Å². The first-order chi connectivity index (χ1) is 10.0. The van der Waals surface area contributed by atoms with Crippen LogP contribution in [0.25, 0.3) is 16.3 Å². The summed E-state index contributed by atoms with van der Waals surface area (Å²) in [6.07, 6.45) is 1.47. The fourth-order valence-corrected chi connectivity index (χ4v) is 3.13. The Morgan fingerprint density at radius 2 is 2.05 bits per heavy atom. The van der Waals surface area contributed by atoms with Crippen LogP contribution in [-0.4, -0.2) is 20.9 Å². The third kappa shape index (κ3) is 2.81. The van der Waals surface area contributed by atoms with Crippen molar-refractivity contribution in [2.24, 2.45) is 0 Å². The first kappa shape index (κ1) is 14.1. The van der Waals surface area contributed by atoms with Crippen molar-refractivity contribution in [2.45, 2.75) is 0 Å². The van der Waals surface area contributed by atoms with E-state index in [-0.39, 0.29) is 5.56 Å². The minimum absolute atomic E-state index is 0.119. The molecule has 0 aliphatic carbocycles. The van der Waals surface area contributed by atoms with E-state index in [0.717, 1.165) is 0 Å². The van der Waals surface area contributed by atoms with Crippen LogP contribution >= 0.6 is 34.5 Å². The van der Waals surface area contributed by atoms with E-state index < -0.39 is 5.97 Å². The first-order valence-corrected chi connectivity index (χ1v) is 7.46. The maximum atomic E-state index is 11.4. The summed E-state index contributed by atoms with van der Waals surface area (Å²) in [5, 5.41) is 14.3. The molecular formula is C14H8Cl2N2O2S. The Hall–Kier alpha value is -1.82. The standard InChI is InChI=1S/C14H8Cl2N2O2S/c15-8-2-1-3-9(6-8)18-7-10(14(19)20)13(17-18)11-4-5-12(16)21-11/h1-7H,(H,19,20). The molecule has 21 heavy (non-hydrogen) atoms. The molecule has 0 bridgehead atoms. The van der Waals surface area contributed by atoms with E-state index in [1.165, 1.54) is 22.2 Å². The number of carboxylic acids is 1. The number of aromatic nitrogens is 2. The normalized spacial score (nSPS) is 10.8. The van der Waals surface area contributed by atoms with Gasteiger partial charge in [-0.2, -0.15) is 5.10 Å². The van der Waals surface area contributed by atoms with Gasteiger partial charge in [-0.15, -0.1) is 11.3 Å². The van der Waals surface area contributed by atoms with Crippen LogP contribution in [0, 0.1) is 0 Å². The third-order valence-corrected chi connectivity index (χ3v) is 4.30. The summed E-state index contributed by atoms with van der Waals surface area (Å²) >= 11 is 13.1. The van der Waals surface area contributed by atoms with Gasteiger partial charge in [-0.3, -0.25) is 0 Å². The van der Waals surface area contributed by atoms with Gasteiger partial charge in [0.15, 0.2) is 0 Å². The zero-order chi connectivity index (χ0) is 15.0. The lowest BCUT2D eigenvalue weighted by atomic mass is 10.2. The Kier molecular flexibility index (Phi) is 3.71. The molecule has 3 aromatic rings. The molecule has 0 unspecified atom stereocenters. The van der Waals surface area contributed by atoms with Gasteiger partial charge in [0.2, 0.25) is 0 Å². The van der Waals surface area contributed by atoms with Gasteiger partial charge in [-0.25, -0.2) is 9.48 Å². The quantitative estimate of drug-likeness (QED) is 0.758. The Morgan fingerprint density at radius 1 is 1.24 bits per heavy atom. The molecule has 7 heteroatoms. The van der Waals surface area contributed by atoms with Crippen LogP contribution in [0.15, 0.2) is 42.6 Å². The number of hydrogen-bond donors (Lipinski definition) is 1. The molecule has 0 atom stereocenters. The predicted molar refractivity (Wildman–Crippen MR) is 83.9 cm³/mol. The van der Waals surface area contributed by atoms with E-state index in [4.69, 9.17) is 23.2 Å². The fourth-order valence-electron chi connectivity index (χ4n) is 1.90. The maximum absolute atomic E-state index is 11.4. The van der Waals surface area contributed by atoms with Crippen molar-refractivity contribution in [1.29, 1.82) is 0 Å². The maximum Gasteiger partial charge on any atom is 0.339 e. The van der Waals surface area contributed by atoms with Crippen LogP contribution in [-0.2, 0) is 0 Å². The summed E-state index contributed by atoms with van der Waals surface area (Å²) in [4.78, 5) is 12.1. The number of carbonyl (C=O) groups is 1. The molecule has 2 aromatic heterocycles. The van der Waals surface area contributed by atoms with Crippen molar-refractivity contribution in [1.82, 2.24) is 9.78 Å². The van der Waals surface area contributed by atoms with Gasteiger partial charge in [-0.05, 0) is 30.3 Å². The van der Waals surface area contributed by atoms with Crippen LogP contribution in [0.1, 0.15) is 10.4 Å². The number of nitrogens with zero attached hydrogens (tertiary/aromatic N) is 2. The zero-order valence-electron chi connectivity index (χ0n) is 10.5. The minimum atomic E-state index is -1.04. The lowest BCUT2D eigenvalue weighted by Gasteiger charge is -2.00. The monoisotopic (exact) mass is 338 g/mol. The fraction of sp³-hybridized carbons (Fsp3) is 0. The second kappa shape index (κ2) is 5.52. The van der Waals surface area contributed by atoms with Crippen LogP contribution in [0.4, 0.5) is 0 Å². The average molecular weight is 339 g/mol. The largest absolute Gasteiger partial charge is 0.478 e. The molecule has 3 rings (SSSR count). The van der Waals surface area contributed by atoms with Crippen LogP contribution in [0.5, 0.6) is 0 Å². The smallest absolute Gasteiger partial charge is 0.339 e. The molecule has 0 fully saturated rings. The Balaban J connectivity index is 2.15. The summed E-state index contributed by atoms with van der Waals surface area (Å²) in [6, 6.07) is 10.5. The van der Waals surface area contributed by atoms with E-state index in [9.17, 15) is 9.90 Å². The summed E-state index contributed by atoms with van der Waals surface area (Å²) < 4.78 is 2.08. The molecule has 0 aliphatic heterocycles. The zero-order valence-corrected chi connectivity index (χ0v) is 12.8. The molecule has 0 amide bonds. The highest BCUT2D eigenvalue weighted by Gasteiger charge is 2.19. The molecule has 0 saturated heterocycles. The molecule has 1 aromatic carbocycles. The summed E-state index contributed by atoms with van der Waals surface area (Å²) in [5.74, 6) is -1.04. The molecule has 0 saturated carbocycles. The number of thiophene rings is 1. The van der Waals surface area contributed by atoms with Crippen molar-refractivity contribution in [2.75, 3.05) is 0 Å². The van der Waals surface area contributed by atoms with E-state index in [1.807, 2.05) is 0 Å². The van der Waals surface area contributed by atoms with Gasteiger partial charge in [0.05, 0.1) is 14.9 Å². The summed E-state index contributed by atoms with van der Waals surface area (Å²) in [7, 11) is 0. The van der Waals surface area contributed by atoms with Gasteiger partial charge >= 0.3 is 5.97 Å². The average Bonchev–Trinajstić information content (AvgIpc) is 3.04. The Bertz CT molecular complexity index is 826. The highest BCUT2D eigenvalue weighted by atomic mass is 35.5. The first-order valence-electron chi connectivity index (χ1n) is 5.89. The number of carboxylic acid groups (broad SMARTS) is 1. The van der Waals surface area contributed by atoms with Crippen molar-refractivity contribution in [3.63, 3.8) is 0 Å². The molecule has 106 valence electrons. The lowest BCUT2D eigenvalue weighted by Crippen LogP contribution is -1.96. The molecule has 0 spiro atoms. The topological polar surface area (TPSA) is 55.1 Å². The number of rotatable bonds is 3. The van der Waals surface area contributed by atoms with Gasteiger partial charge in [0.25, 0.3) is 0 Å². The van der Waals surface area contributed by atoms with Crippen molar-refractivity contribution in [3.8, 4) is 16.3 Å². The second-order valence-electron chi connectivity index (χ2n) is 4.22. The number of benzene rings is 1. The molecule has 0 radical (unpaired) electrons. The van der Waals surface area contributed by atoms with Gasteiger partial charge in [0.1, 0.15) is 11.3 Å². The van der Waals surface area contributed by atoms with Crippen molar-refractivity contribution >= 4 is 40.5 Å². The van der Waals surface area contributed by atoms with Crippen LogP contribution in [0.3, 0.4) is 0 Å². The molecule has 4 nitrogen and oxygen atoms in total. The van der Waals surface area contributed by atoms with Crippen molar-refractivity contribution < 1.29 is 9.90 Å². The van der Waals surface area contributed by atoms with Gasteiger partial charge in [0, 0.05) is 11.2 Å². The van der Waals surface area contributed by atoms with E-state index in [1.54, 1.807) is 36.4 Å². The highest BCUT2D eigenvalue weighted by molar-refractivity contribution is 7.19. The Morgan fingerprint density at radius 3 is 2.67 bits per heavy atom. The third-order valence-electron chi connectivity index (χ3n) is 2.82. The van der Waals surface area contributed by atoms with E-state index in [2.05, 4.69) is 5.10 Å². The summed E-state index contributed by atoms with van der Waals surface area (Å²) in [5.41, 5.74) is 1.20. The minimum Gasteiger partial charge on any atom is -0.478 e. The summed E-state index contributed by atoms with van der Waals surface area (Å²) in [6.45, 7) is 0. The van der Waals surface area contributed by atoms with Gasteiger partial charge in [-0.1, -0.05) is 29.3 Å². The molecule has 0 aliphatic rings. The van der Waals surface area contributed by atoms with E-state index >= 15 is 0 Å². The van der Waals surface area contributed by atoms with Gasteiger partial charge < -0.3 is 5.11 Å². The van der Waals surface area contributed by atoms with Crippen LogP contribution < -0.4 is 0 Å². The number of hydrogen-bond acceptors (Lipinski definition) is 3. The molecular weight excluding hydrogens is 331 g/mol. The molecule has 1 N–H and O–H groups in total. The number of aromatic carboxylic acids is 1. The predicted octanol–water partition coefficient (Wildman–Crippen LogP) is 4.61. The SMILES string of the molecule is O=C(O)c1cn(-c2cccc(Cl)c2)nc1-c1ccc(Cl)s1. The lowest BCUT2D eigenvalue weighted by molar-refractivity contribution is 0.0697. The molecule has 2 heterocycles. The Labute approximate surface area is 134 Å². The second-order valence-corrected chi connectivity index (χ2v) is 6.38. The number of halogens is 2. The highest BCUT2D eigenvalue weighted by Crippen LogP contribution is 2.32. The van der Waals surface area contributed by atoms with Crippen molar-refractivity contribution in [3.05, 3.63) is 57.5 Å². The van der Waals surface area contributed by atoms with E-state index in [0.29, 0.717) is 25.6 Å².